The zero-order chi connectivity index (χ0) is 12.8. The van der Waals surface area contributed by atoms with Crippen molar-refractivity contribution in [3.05, 3.63) is 45.7 Å². The molecule has 0 unspecified atom stereocenters. The summed E-state index contributed by atoms with van der Waals surface area (Å²) in [6.07, 6.45) is 4.58. The molecule has 2 aromatic rings. The van der Waals surface area contributed by atoms with Crippen molar-refractivity contribution in [3.8, 4) is 0 Å². The number of hydrogen-bond donors (Lipinski definition) is 1. The molecule has 0 aliphatic heterocycles. The molecular formula is C12H14BrClN4. The Labute approximate surface area is 119 Å². The first-order valence-corrected chi connectivity index (χ1v) is 6.91. The van der Waals surface area contributed by atoms with Crippen molar-refractivity contribution in [1.82, 2.24) is 20.3 Å². The fraction of sp³-hybridized carbons (Fsp3) is 0.333. The van der Waals surface area contributed by atoms with Gasteiger partial charge in [0.15, 0.2) is 0 Å². The molecule has 2 rings (SSSR count). The SMILES string of the molecule is Clc1cc(CNCCCn2ccnn2)ccc1Br. The number of nitrogens with zero attached hydrogens (tertiary/aromatic N) is 3. The lowest BCUT2D eigenvalue weighted by atomic mass is 10.2. The number of rotatable bonds is 6. The molecule has 1 aromatic heterocycles. The molecular weight excluding hydrogens is 316 g/mol. The highest BCUT2D eigenvalue weighted by Gasteiger charge is 1.99. The van der Waals surface area contributed by atoms with Crippen LogP contribution in [0.1, 0.15) is 12.0 Å². The van der Waals surface area contributed by atoms with E-state index >= 15 is 0 Å². The van der Waals surface area contributed by atoms with Gasteiger partial charge in [0.05, 0.1) is 11.2 Å². The summed E-state index contributed by atoms with van der Waals surface area (Å²) in [6.45, 7) is 2.64. The van der Waals surface area contributed by atoms with Crippen molar-refractivity contribution in [2.45, 2.75) is 19.5 Å². The van der Waals surface area contributed by atoms with Crippen LogP contribution in [0.2, 0.25) is 5.02 Å². The van der Waals surface area contributed by atoms with Crippen LogP contribution in [-0.2, 0) is 13.1 Å². The van der Waals surface area contributed by atoms with Crippen LogP contribution in [0.5, 0.6) is 0 Å². The maximum Gasteiger partial charge on any atom is 0.0692 e. The Bertz CT molecular complexity index is 487. The van der Waals surface area contributed by atoms with E-state index in [0.29, 0.717) is 0 Å². The third-order valence-electron chi connectivity index (χ3n) is 2.53. The highest BCUT2D eigenvalue weighted by atomic mass is 79.9. The van der Waals surface area contributed by atoms with Crippen molar-refractivity contribution >= 4 is 27.5 Å². The third-order valence-corrected chi connectivity index (χ3v) is 3.76. The van der Waals surface area contributed by atoms with E-state index in [4.69, 9.17) is 11.6 Å². The fourth-order valence-corrected chi connectivity index (χ4v) is 2.05. The summed E-state index contributed by atoms with van der Waals surface area (Å²) in [4.78, 5) is 0. The Hall–Kier alpha value is -0.910. The van der Waals surface area contributed by atoms with E-state index < -0.39 is 0 Å². The molecule has 0 saturated heterocycles. The van der Waals surface area contributed by atoms with Gasteiger partial charge in [0.25, 0.3) is 0 Å². The summed E-state index contributed by atoms with van der Waals surface area (Å²) in [5.41, 5.74) is 1.18. The highest BCUT2D eigenvalue weighted by molar-refractivity contribution is 9.10. The first kappa shape index (κ1) is 13.5. The largest absolute Gasteiger partial charge is 0.313 e. The van der Waals surface area contributed by atoms with Crippen LogP contribution in [0.15, 0.2) is 35.1 Å². The molecule has 18 heavy (non-hydrogen) atoms. The average Bonchev–Trinajstić information content (AvgIpc) is 2.86. The fourth-order valence-electron chi connectivity index (χ4n) is 1.60. The van der Waals surface area contributed by atoms with Crippen molar-refractivity contribution in [2.24, 2.45) is 0 Å². The molecule has 0 saturated carbocycles. The van der Waals surface area contributed by atoms with E-state index in [1.54, 1.807) is 6.20 Å². The van der Waals surface area contributed by atoms with E-state index in [1.807, 2.05) is 23.0 Å². The van der Waals surface area contributed by atoms with E-state index in [1.165, 1.54) is 5.56 Å². The molecule has 0 fully saturated rings. The first-order valence-electron chi connectivity index (χ1n) is 5.74. The van der Waals surface area contributed by atoms with Crippen molar-refractivity contribution in [1.29, 1.82) is 0 Å². The summed E-state index contributed by atoms with van der Waals surface area (Å²) in [5.74, 6) is 0. The Morgan fingerprint density at radius 2 is 2.28 bits per heavy atom. The summed E-state index contributed by atoms with van der Waals surface area (Å²) < 4.78 is 2.76. The van der Waals surface area contributed by atoms with Gasteiger partial charge in [-0.15, -0.1) is 5.10 Å². The van der Waals surface area contributed by atoms with Gasteiger partial charge in [-0.25, -0.2) is 0 Å². The summed E-state index contributed by atoms with van der Waals surface area (Å²) in [7, 11) is 0. The van der Waals surface area contributed by atoms with Crippen LogP contribution >= 0.6 is 27.5 Å². The minimum absolute atomic E-state index is 0.747. The number of hydrogen-bond acceptors (Lipinski definition) is 3. The van der Waals surface area contributed by atoms with Gasteiger partial charge in [0.2, 0.25) is 0 Å². The summed E-state index contributed by atoms with van der Waals surface area (Å²) in [6, 6.07) is 5.99. The van der Waals surface area contributed by atoms with Crippen LogP contribution in [0.4, 0.5) is 0 Å². The number of benzene rings is 1. The van der Waals surface area contributed by atoms with E-state index in [9.17, 15) is 0 Å². The van der Waals surface area contributed by atoms with Crippen LogP contribution in [0, 0.1) is 0 Å². The monoisotopic (exact) mass is 328 g/mol. The van der Waals surface area contributed by atoms with Gasteiger partial charge >= 0.3 is 0 Å². The van der Waals surface area contributed by atoms with Gasteiger partial charge in [-0.3, -0.25) is 4.68 Å². The van der Waals surface area contributed by atoms with Gasteiger partial charge < -0.3 is 5.32 Å². The smallest absolute Gasteiger partial charge is 0.0692 e. The van der Waals surface area contributed by atoms with Gasteiger partial charge in [0, 0.05) is 23.8 Å². The van der Waals surface area contributed by atoms with Gasteiger partial charge in [0.1, 0.15) is 0 Å². The standard InChI is InChI=1S/C12H14BrClN4/c13-11-3-2-10(8-12(11)14)9-15-4-1-6-18-7-5-16-17-18/h2-3,5,7-8,15H,1,4,6,9H2. The van der Waals surface area contributed by atoms with Crippen LogP contribution in [0.25, 0.3) is 0 Å². The van der Waals surface area contributed by atoms with Crippen molar-refractivity contribution in [3.63, 3.8) is 0 Å². The van der Waals surface area contributed by atoms with Crippen molar-refractivity contribution < 1.29 is 0 Å². The molecule has 4 nitrogen and oxygen atoms in total. The number of halogens is 2. The third kappa shape index (κ3) is 4.08. The maximum absolute atomic E-state index is 6.03. The molecule has 0 aliphatic rings. The van der Waals surface area contributed by atoms with Crippen LogP contribution in [-0.4, -0.2) is 21.5 Å². The second-order valence-electron chi connectivity index (χ2n) is 3.94. The molecule has 1 heterocycles. The second kappa shape index (κ2) is 6.87. The van der Waals surface area contributed by atoms with Crippen LogP contribution in [0.3, 0.4) is 0 Å². The molecule has 1 N–H and O–H groups in total. The predicted molar refractivity (Wildman–Crippen MR) is 75.5 cm³/mol. The minimum Gasteiger partial charge on any atom is -0.313 e. The van der Waals surface area contributed by atoms with Gasteiger partial charge in [-0.05, 0) is 46.6 Å². The minimum atomic E-state index is 0.747. The topological polar surface area (TPSA) is 42.7 Å². The Kier molecular flexibility index (Phi) is 5.16. The number of aryl methyl sites for hydroxylation is 1. The van der Waals surface area contributed by atoms with E-state index in [0.717, 1.165) is 35.6 Å². The van der Waals surface area contributed by atoms with E-state index in [2.05, 4.69) is 37.6 Å². The summed E-state index contributed by atoms with van der Waals surface area (Å²) in [5, 5.41) is 11.8. The number of aromatic nitrogens is 3. The Balaban J connectivity index is 1.67. The lowest BCUT2D eigenvalue weighted by Gasteiger charge is -2.06. The molecule has 96 valence electrons. The molecule has 0 atom stereocenters. The predicted octanol–water partition coefficient (Wildman–Crippen LogP) is 2.87. The molecule has 6 heteroatoms. The maximum atomic E-state index is 6.03. The summed E-state index contributed by atoms with van der Waals surface area (Å²) >= 11 is 9.40. The first-order chi connectivity index (χ1) is 8.75. The lowest BCUT2D eigenvalue weighted by molar-refractivity contribution is 0.530. The Morgan fingerprint density at radius 3 is 3.00 bits per heavy atom. The van der Waals surface area contributed by atoms with Crippen LogP contribution < -0.4 is 5.32 Å². The number of nitrogens with one attached hydrogen (secondary N) is 1. The molecule has 0 radical (unpaired) electrons. The Morgan fingerprint density at radius 1 is 1.39 bits per heavy atom. The average molecular weight is 330 g/mol. The van der Waals surface area contributed by atoms with Gasteiger partial charge in [-0.2, -0.15) is 0 Å². The molecule has 0 spiro atoms. The van der Waals surface area contributed by atoms with Gasteiger partial charge in [-0.1, -0.05) is 22.9 Å². The molecule has 1 aromatic carbocycles. The van der Waals surface area contributed by atoms with Crippen molar-refractivity contribution in [2.75, 3.05) is 6.54 Å². The molecule has 0 aliphatic carbocycles. The highest BCUT2D eigenvalue weighted by Crippen LogP contribution is 2.22. The van der Waals surface area contributed by atoms with E-state index in [-0.39, 0.29) is 0 Å². The normalized spacial score (nSPS) is 10.8. The molecule has 0 amide bonds. The zero-order valence-electron chi connectivity index (χ0n) is 9.81. The second-order valence-corrected chi connectivity index (χ2v) is 5.21. The zero-order valence-corrected chi connectivity index (χ0v) is 12.2. The lowest BCUT2D eigenvalue weighted by Crippen LogP contribution is -2.16. The quantitative estimate of drug-likeness (QED) is 0.829. The molecule has 0 bridgehead atoms.